The van der Waals surface area contributed by atoms with Crippen LogP contribution in [0.1, 0.15) is 15.9 Å². The molecule has 0 fully saturated rings. The molecule has 0 saturated heterocycles. The van der Waals surface area contributed by atoms with Crippen molar-refractivity contribution in [3.63, 3.8) is 0 Å². The number of ether oxygens (including phenoxy) is 1. The largest absolute Gasteiger partial charge is 0.494 e. The number of rotatable bonds is 3. The van der Waals surface area contributed by atoms with Crippen molar-refractivity contribution in [2.24, 2.45) is 5.73 Å². The number of nitrogens with two attached hydrogens (primary N) is 2. The van der Waals surface area contributed by atoms with E-state index < -0.39 is 13.0 Å². The molecule has 17 heavy (non-hydrogen) atoms. The number of primary amides is 1. The van der Waals surface area contributed by atoms with Crippen molar-refractivity contribution in [3.05, 3.63) is 17.2 Å². The molecule has 0 aliphatic heterocycles. The third-order valence-corrected chi connectivity index (χ3v) is 4.17. The van der Waals surface area contributed by atoms with Crippen LogP contribution in [0.15, 0.2) is 6.07 Å². The van der Waals surface area contributed by atoms with Gasteiger partial charge in [-0.25, -0.2) is 0 Å². The van der Waals surface area contributed by atoms with Crippen molar-refractivity contribution in [1.29, 1.82) is 0 Å². The zero-order valence-corrected chi connectivity index (χ0v) is 11.3. The average Bonchev–Trinajstić information content (AvgIpc) is 2.14. The van der Waals surface area contributed by atoms with Crippen molar-refractivity contribution in [2.75, 3.05) is 26.2 Å². The lowest BCUT2D eigenvalue weighted by Crippen LogP contribution is -2.25. The molecule has 0 saturated carbocycles. The van der Waals surface area contributed by atoms with Gasteiger partial charge in [-0.2, -0.15) is 0 Å². The van der Waals surface area contributed by atoms with E-state index in [9.17, 15) is 9.36 Å². The molecule has 0 bridgehead atoms. The number of amides is 1. The molecule has 94 valence electrons. The fourth-order valence-corrected chi connectivity index (χ4v) is 3.63. The van der Waals surface area contributed by atoms with Crippen LogP contribution < -0.4 is 21.5 Å². The Balaban J connectivity index is 3.76. The first-order chi connectivity index (χ1) is 7.70. The van der Waals surface area contributed by atoms with E-state index in [-0.39, 0.29) is 5.56 Å². The minimum absolute atomic E-state index is 0.203. The van der Waals surface area contributed by atoms with Gasteiger partial charge in [0.25, 0.3) is 0 Å². The summed E-state index contributed by atoms with van der Waals surface area (Å²) in [7, 11) is -1.17. The standard InChI is InChI=1S/C11H17N2O3P/c1-6-9(16-2)8(12)5-7(11(13)14)10(6)17(3,4)15/h5H,12H2,1-4H3,(H2,13,14). The maximum atomic E-state index is 12.2. The van der Waals surface area contributed by atoms with Crippen LogP contribution in [0.3, 0.4) is 0 Å². The average molecular weight is 256 g/mol. The van der Waals surface area contributed by atoms with Crippen LogP contribution in [0.2, 0.25) is 0 Å². The molecule has 1 amide bonds. The summed E-state index contributed by atoms with van der Waals surface area (Å²) in [4.78, 5) is 11.4. The highest BCUT2D eigenvalue weighted by Crippen LogP contribution is 2.41. The van der Waals surface area contributed by atoms with Gasteiger partial charge in [0, 0.05) is 10.9 Å². The number of nitrogen functional groups attached to an aromatic ring is 1. The van der Waals surface area contributed by atoms with Crippen LogP contribution in [0.5, 0.6) is 5.75 Å². The number of anilines is 1. The summed E-state index contributed by atoms with van der Waals surface area (Å²) in [6.45, 7) is 4.88. The third-order valence-electron chi connectivity index (χ3n) is 2.52. The van der Waals surface area contributed by atoms with Gasteiger partial charge in [0.15, 0.2) is 0 Å². The van der Waals surface area contributed by atoms with Crippen LogP contribution in [0.4, 0.5) is 5.69 Å². The first kappa shape index (κ1) is 13.6. The molecule has 0 heterocycles. The first-order valence-corrected chi connectivity index (χ1v) is 7.62. The van der Waals surface area contributed by atoms with Gasteiger partial charge in [-0.3, -0.25) is 4.79 Å². The Morgan fingerprint density at radius 3 is 2.29 bits per heavy atom. The highest BCUT2D eigenvalue weighted by molar-refractivity contribution is 7.70. The van der Waals surface area contributed by atoms with E-state index in [0.29, 0.717) is 22.3 Å². The molecule has 0 aromatic heterocycles. The molecular formula is C11H17N2O3P. The molecule has 5 nitrogen and oxygen atoms in total. The van der Waals surface area contributed by atoms with Gasteiger partial charge in [0.1, 0.15) is 12.9 Å². The summed E-state index contributed by atoms with van der Waals surface area (Å²) in [5, 5.41) is 0.441. The summed E-state index contributed by atoms with van der Waals surface area (Å²) in [5.74, 6) is -0.199. The first-order valence-electron chi connectivity index (χ1n) is 5.02. The Bertz CT molecular complexity index is 520. The minimum atomic E-state index is -2.64. The van der Waals surface area contributed by atoms with Crippen molar-refractivity contribution in [1.82, 2.24) is 0 Å². The lowest BCUT2D eigenvalue weighted by molar-refractivity contribution is 0.100. The molecule has 6 heteroatoms. The summed E-state index contributed by atoms with van der Waals surface area (Å²) in [5.41, 5.74) is 12.2. The molecule has 0 radical (unpaired) electrons. The Kier molecular flexibility index (Phi) is 3.53. The van der Waals surface area contributed by atoms with E-state index in [1.54, 1.807) is 20.3 Å². The third kappa shape index (κ3) is 2.44. The molecular weight excluding hydrogens is 239 g/mol. The van der Waals surface area contributed by atoms with Crippen molar-refractivity contribution >= 4 is 24.0 Å². The van der Waals surface area contributed by atoms with Gasteiger partial charge in [-0.15, -0.1) is 0 Å². The molecule has 0 aliphatic carbocycles. The highest BCUT2D eigenvalue weighted by atomic mass is 31.2. The molecule has 1 rings (SSSR count). The van der Waals surface area contributed by atoms with E-state index >= 15 is 0 Å². The molecule has 0 aliphatic rings. The number of methoxy groups -OCH3 is 1. The lowest BCUT2D eigenvalue weighted by atomic mass is 10.1. The Labute approximate surface area is 101 Å². The second-order valence-electron chi connectivity index (χ2n) is 4.24. The molecule has 4 N–H and O–H groups in total. The number of carbonyl (C=O) groups excluding carboxylic acids is 1. The van der Waals surface area contributed by atoms with Gasteiger partial charge >= 0.3 is 0 Å². The predicted molar refractivity (Wildman–Crippen MR) is 69.7 cm³/mol. The van der Waals surface area contributed by atoms with Crippen molar-refractivity contribution < 1.29 is 14.1 Å². The maximum Gasteiger partial charge on any atom is 0.249 e. The van der Waals surface area contributed by atoms with E-state index in [4.69, 9.17) is 16.2 Å². The summed E-state index contributed by atoms with van der Waals surface area (Å²) < 4.78 is 17.4. The van der Waals surface area contributed by atoms with Gasteiger partial charge in [0.05, 0.1) is 18.4 Å². The predicted octanol–water partition coefficient (Wildman–Crippen LogP) is 0.933. The van der Waals surface area contributed by atoms with Gasteiger partial charge in [-0.05, 0) is 26.3 Å². The second kappa shape index (κ2) is 4.41. The number of carbonyl (C=O) groups is 1. The Morgan fingerprint density at radius 1 is 1.41 bits per heavy atom. The Hall–Kier alpha value is -1.48. The van der Waals surface area contributed by atoms with E-state index in [1.807, 2.05) is 0 Å². The molecule has 0 spiro atoms. The van der Waals surface area contributed by atoms with Crippen LogP contribution in [-0.2, 0) is 4.57 Å². The monoisotopic (exact) mass is 256 g/mol. The number of benzene rings is 1. The van der Waals surface area contributed by atoms with Crippen molar-refractivity contribution in [2.45, 2.75) is 6.92 Å². The molecule has 0 atom stereocenters. The smallest absolute Gasteiger partial charge is 0.249 e. The number of hydrogen-bond donors (Lipinski definition) is 2. The van der Waals surface area contributed by atoms with E-state index in [0.717, 1.165) is 0 Å². The lowest BCUT2D eigenvalue weighted by Gasteiger charge is -2.18. The maximum absolute atomic E-state index is 12.2. The summed E-state index contributed by atoms with van der Waals surface area (Å²) in [6, 6.07) is 1.42. The fourth-order valence-electron chi connectivity index (χ4n) is 1.97. The fraction of sp³-hybridized carbons (Fsp3) is 0.364. The molecule has 1 aromatic rings. The zero-order chi connectivity index (χ0) is 13.4. The van der Waals surface area contributed by atoms with Crippen LogP contribution in [0.25, 0.3) is 0 Å². The molecule has 0 unspecified atom stereocenters. The van der Waals surface area contributed by atoms with E-state index in [1.165, 1.54) is 13.2 Å². The van der Waals surface area contributed by atoms with Gasteiger partial charge < -0.3 is 20.8 Å². The normalized spacial score (nSPS) is 11.3. The van der Waals surface area contributed by atoms with E-state index in [2.05, 4.69) is 0 Å². The zero-order valence-electron chi connectivity index (χ0n) is 10.4. The quantitative estimate of drug-likeness (QED) is 0.621. The van der Waals surface area contributed by atoms with Gasteiger partial charge in [-0.1, -0.05) is 0 Å². The number of hydrogen-bond acceptors (Lipinski definition) is 4. The summed E-state index contributed by atoms with van der Waals surface area (Å²) >= 11 is 0. The topological polar surface area (TPSA) is 95.4 Å². The van der Waals surface area contributed by atoms with Crippen molar-refractivity contribution in [3.8, 4) is 5.75 Å². The van der Waals surface area contributed by atoms with Gasteiger partial charge in [0.2, 0.25) is 5.91 Å². The van der Waals surface area contributed by atoms with Crippen LogP contribution in [-0.4, -0.2) is 26.3 Å². The second-order valence-corrected chi connectivity index (χ2v) is 7.38. The minimum Gasteiger partial charge on any atom is -0.494 e. The Morgan fingerprint density at radius 2 is 1.94 bits per heavy atom. The SMILES string of the molecule is COc1c(N)cc(C(N)=O)c(P(C)(C)=O)c1C. The highest BCUT2D eigenvalue weighted by Gasteiger charge is 2.25. The summed E-state index contributed by atoms with van der Waals surface area (Å²) in [6.07, 6.45) is 0. The van der Waals surface area contributed by atoms with Crippen LogP contribution in [0, 0.1) is 6.92 Å². The molecule has 1 aromatic carbocycles. The van der Waals surface area contributed by atoms with Crippen LogP contribution >= 0.6 is 7.14 Å².